The summed E-state index contributed by atoms with van der Waals surface area (Å²) in [5.74, 6) is 0.906. The third-order valence-electron chi connectivity index (χ3n) is 2.35. The predicted molar refractivity (Wildman–Crippen MR) is 72.2 cm³/mol. The molecule has 0 fully saturated rings. The molecular weight excluding hydrogens is 212 g/mol. The van der Waals surface area contributed by atoms with E-state index in [1.54, 1.807) is 6.08 Å². The Morgan fingerprint density at radius 2 is 2.12 bits per heavy atom. The van der Waals surface area contributed by atoms with E-state index in [9.17, 15) is 0 Å². The van der Waals surface area contributed by atoms with Crippen molar-refractivity contribution >= 4 is 6.08 Å². The largest absolute Gasteiger partial charge is 0.489 e. The Labute approximate surface area is 103 Å². The van der Waals surface area contributed by atoms with Gasteiger partial charge in [0.05, 0.1) is 6.61 Å². The molecule has 0 aliphatic rings. The van der Waals surface area contributed by atoms with Gasteiger partial charge in [-0.3, -0.25) is 0 Å². The van der Waals surface area contributed by atoms with Crippen molar-refractivity contribution in [3.8, 4) is 5.75 Å². The van der Waals surface area contributed by atoms with Gasteiger partial charge in [0, 0.05) is 0 Å². The second kappa shape index (κ2) is 6.92. The van der Waals surface area contributed by atoms with Crippen molar-refractivity contribution in [1.29, 1.82) is 0 Å². The van der Waals surface area contributed by atoms with Crippen LogP contribution >= 0.6 is 0 Å². The van der Waals surface area contributed by atoms with Crippen molar-refractivity contribution in [3.63, 3.8) is 0 Å². The Morgan fingerprint density at radius 1 is 1.35 bits per heavy atom. The van der Waals surface area contributed by atoms with Crippen LogP contribution < -0.4 is 4.74 Å². The first-order valence-electron chi connectivity index (χ1n) is 5.77. The molecule has 0 unspecified atom stereocenters. The summed E-state index contributed by atoms with van der Waals surface area (Å²) in [5.41, 5.74) is 3.43. The molecule has 0 radical (unpaired) electrons. The number of rotatable bonds is 5. The van der Waals surface area contributed by atoms with Gasteiger partial charge in [-0.15, -0.1) is 0 Å². The van der Waals surface area contributed by atoms with Crippen molar-refractivity contribution in [2.75, 3.05) is 13.2 Å². The van der Waals surface area contributed by atoms with Crippen LogP contribution in [-0.4, -0.2) is 18.3 Å². The van der Waals surface area contributed by atoms with Gasteiger partial charge in [0.25, 0.3) is 0 Å². The summed E-state index contributed by atoms with van der Waals surface area (Å²) < 4.78 is 5.66. The number of benzene rings is 1. The number of hydrogen-bond donors (Lipinski definition) is 1. The van der Waals surface area contributed by atoms with E-state index in [1.807, 2.05) is 31.2 Å². The van der Waals surface area contributed by atoms with Gasteiger partial charge in [-0.2, -0.15) is 0 Å². The number of hydrogen-bond acceptors (Lipinski definition) is 2. The zero-order valence-corrected chi connectivity index (χ0v) is 10.7. The summed E-state index contributed by atoms with van der Waals surface area (Å²) in [6, 6.07) is 5.99. The van der Waals surface area contributed by atoms with E-state index in [4.69, 9.17) is 9.84 Å². The normalized spacial score (nSPS) is 10.6. The lowest BCUT2D eigenvalue weighted by molar-refractivity contribution is 0.343. The zero-order valence-electron chi connectivity index (χ0n) is 10.7. The molecule has 1 N–H and O–H groups in total. The van der Waals surface area contributed by atoms with Crippen LogP contribution in [0.4, 0.5) is 0 Å². The molecule has 1 aromatic carbocycles. The minimum absolute atomic E-state index is 0.0673. The molecule has 2 heteroatoms. The lowest BCUT2D eigenvalue weighted by atomic mass is 10.1. The van der Waals surface area contributed by atoms with Crippen molar-refractivity contribution in [3.05, 3.63) is 47.1 Å². The first-order valence-corrected chi connectivity index (χ1v) is 5.77. The highest BCUT2D eigenvalue weighted by atomic mass is 16.5. The van der Waals surface area contributed by atoms with Crippen molar-refractivity contribution in [2.24, 2.45) is 0 Å². The van der Waals surface area contributed by atoms with Gasteiger partial charge in [0.15, 0.2) is 0 Å². The summed E-state index contributed by atoms with van der Waals surface area (Å²) in [5, 5.41) is 8.70. The molecule has 0 amide bonds. The molecule has 1 rings (SSSR count). The molecule has 0 aliphatic heterocycles. The second-order valence-corrected chi connectivity index (χ2v) is 4.20. The summed E-state index contributed by atoms with van der Waals surface area (Å²) in [6.07, 6.45) is 5.67. The second-order valence-electron chi connectivity index (χ2n) is 4.20. The maximum Gasteiger partial charge on any atom is 0.122 e. The summed E-state index contributed by atoms with van der Waals surface area (Å²) in [7, 11) is 0. The lowest BCUT2D eigenvalue weighted by Crippen LogP contribution is -1.96. The van der Waals surface area contributed by atoms with Crippen LogP contribution in [0.25, 0.3) is 6.08 Å². The first kappa shape index (κ1) is 13.5. The maximum absolute atomic E-state index is 8.70. The van der Waals surface area contributed by atoms with Gasteiger partial charge in [-0.25, -0.2) is 0 Å². The van der Waals surface area contributed by atoms with Gasteiger partial charge in [-0.1, -0.05) is 23.8 Å². The molecule has 1 aromatic rings. The van der Waals surface area contributed by atoms with E-state index in [-0.39, 0.29) is 6.61 Å². The molecule has 0 atom stereocenters. The Hall–Kier alpha value is -1.54. The average Bonchev–Trinajstić information content (AvgIpc) is 2.28. The Morgan fingerprint density at radius 3 is 2.71 bits per heavy atom. The number of aliphatic hydroxyl groups excluding tert-OH is 1. The Balaban J connectivity index is 2.69. The molecule has 0 aliphatic carbocycles. The molecule has 92 valence electrons. The van der Waals surface area contributed by atoms with Gasteiger partial charge >= 0.3 is 0 Å². The Kier molecular flexibility index (Phi) is 5.50. The highest BCUT2D eigenvalue weighted by Crippen LogP contribution is 2.19. The summed E-state index contributed by atoms with van der Waals surface area (Å²) in [6.45, 7) is 6.80. The SMILES string of the molecule is CC(C)=CCOc1ccc(/C=C/CO)cc1C. The van der Waals surface area contributed by atoms with Crippen LogP contribution in [0.3, 0.4) is 0 Å². The number of aryl methyl sites for hydroxylation is 1. The molecule has 0 spiro atoms. The third kappa shape index (κ3) is 4.87. The molecule has 0 heterocycles. The van der Waals surface area contributed by atoms with Crippen molar-refractivity contribution in [2.45, 2.75) is 20.8 Å². The Bertz CT molecular complexity index is 413. The van der Waals surface area contributed by atoms with Crippen LogP contribution in [0, 0.1) is 6.92 Å². The first-order chi connectivity index (χ1) is 8.13. The van der Waals surface area contributed by atoms with Gasteiger partial charge in [-0.05, 0) is 50.1 Å². The van der Waals surface area contributed by atoms with E-state index >= 15 is 0 Å². The van der Waals surface area contributed by atoms with Crippen LogP contribution in [0.2, 0.25) is 0 Å². The van der Waals surface area contributed by atoms with E-state index in [1.165, 1.54) is 5.57 Å². The molecular formula is C15H20O2. The molecule has 0 saturated carbocycles. The van der Waals surface area contributed by atoms with Gasteiger partial charge in [0.2, 0.25) is 0 Å². The highest BCUT2D eigenvalue weighted by Gasteiger charge is 1.98. The standard InChI is InChI=1S/C15H20O2/c1-12(2)8-10-17-15-7-6-14(5-4-9-16)11-13(15)3/h4-8,11,16H,9-10H2,1-3H3/b5-4+. The zero-order chi connectivity index (χ0) is 12.7. The van der Waals surface area contributed by atoms with Crippen molar-refractivity contribution in [1.82, 2.24) is 0 Å². The monoisotopic (exact) mass is 232 g/mol. The number of allylic oxidation sites excluding steroid dienone is 1. The van der Waals surface area contributed by atoms with Crippen LogP contribution in [0.1, 0.15) is 25.0 Å². The minimum atomic E-state index is 0.0673. The fraction of sp³-hybridized carbons (Fsp3) is 0.333. The highest BCUT2D eigenvalue weighted by molar-refractivity contribution is 5.53. The maximum atomic E-state index is 8.70. The average molecular weight is 232 g/mol. The molecule has 0 aromatic heterocycles. The van der Waals surface area contributed by atoms with E-state index < -0.39 is 0 Å². The molecule has 17 heavy (non-hydrogen) atoms. The van der Waals surface area contributed by atoms with Crippen LogP contribution in [-0.2, 0) is 0 Å². The molecule has 0 saturated heterocycles. The minimum Gasteiger partial charge on any atom is -0.489 e. The van der Waals surface area contributed by atoms with Crippen molar-refractivity contribution < 1.29 is 9.84 Å². The van der Waals surface area contributed by atoms with E-state index in [2.05, 4.69) is 19.9 Å². The number of ether oxygens (including phenoxy) is 1. The fourth-order valence-corrected chi connectivity index (χ4v) is 1.43. The topological polar surface area (TPSA) is 29.5 Å². The lowest BCUT2D eigenvalue weighted by Gasteiger charge is -2.08. The van der Waals surface area contributed by atoms with Gasteiger partial charge < -0.3 is 9.84 Å². The van der Waals surface area contributed by atoms with Crippen LogP contribution in [0.5, 0.6) is 5.75 Å². The molecule has 2 nitrogen and oxygen atoms in total. The quantitative estimate of drug-likeness (QED) is 0.789. The smallest absolute Gasteiger partial charge is 0.122 e. The van der Waals surface area contributed by atoms with Crippen LogP contribution in [0.15, 0.2) is 35.9 Å². The summed E-state index contributed by atoms with van der Waals surface area (Å²) in [4.78, 5) is 0. The predicted octanol–water partition coefficient (Wildman–Crippen LogP) is 3.35. The van der Waals surface area contributed by atoms with E-state index in [0.717, 1.165) is 16.9 Å². The third-order valence-corrected chi connectivity index (χ3v) is 2.35. The van der Waals surface area contributed by atoms with Gasteiger partial charge in [0.1, 0.15) is 12.4 Å². The van der Waals surface area contributed by atoms with E-state index in [0.29, 0.717) is 6.61 Å². The number of aliphatic hydroxyl groups is 1. The fourth-order valence-electron chi connectivity index (χ4n) is 1.43. The molecule has 0 bridgehead atoms. The summed E-state index contributed by atoms with van der Waals surface area (Å²) >= 11 is 0.